The molecule has 0 aromatic heterocycles. The summed E-state index contributed by atoms with van der Waals surface area (Å²) in [6.45, 7) is 6.49. The maximum atomic E-state index is 5.56. The number of piperidine rings is 1. The molecule has 1 heterocycles. The van der Waals surface area contributed by atoms with Crippen LogP contribution in [0.15, 0.2) is 47.5 Å². The predicted molar refractivity (Wildman–Crippen MR) is 144 cm³/mol. The van der Waals surface area contributed by atoms with E-state index in [9.17, 15) is 0 Å². The molecule has 0 unspecified atom stereocenters. The molecule has 7 nitrogen and oxygen atoms in total. The van der Waals surface area contributed by atoms with Crippen molar-refractivity contribution in [2.45, 2.75) is 38.9 Å². The average molecular weight is 569 g/mol. The van der Waals surface area contributed by atoms with Crippen LogP contribution < -0.4 is 24.8 Å². The molecule has 1 fully saturated rings. The van der Waals surface area contributed by atoms with Gasteiger partial charge in [0.2, 0.25) is 0 Å². The number of likely N-dealkylation sites (tertiary alicyclic amines) is 1. The monoisotopic (exact) mass is 568 g/mol. The summed E-state index contributed by atoms with van der Waals surface area (Å²) in [7, 11) is 4.92. The summed E-state index contributed by atoms with van der Waals surface area (Å²) in [5, 5.41) is 6.98. The molecule has 0 atom stereocenters. The third-order valence-electron chi connectivity index (χ3n) is 5.73. The lowest BCUT2D eigenvalue weighted by Crippen LogP contribution is -2.48. The highest BCUT2D eigenvalue weighted by molar-refractivity contribution is 14.0. The fraction of sp³-hybridized carbons (Fsp3) is 0.480. The van der Waals surface area contributed by atoms with Crippen LogP contribution in [-0.4, -0.2) is 57.9 Å². The summed E-state index contributed by atoms with van der Waals surface area (Å²) in [5.74, 6) is 2.91. The van der Waals surface area contributed by atoms with Gasteiger partial charge in [-0.3, -0.25) is 4.90 Å². The zero-order valence-electron chi connectivity index (χ0n) is 20.1. The second kappa shape index (κ2) is 14.1. The van der Waals surface area contributed by atoms with E-state index in [1.807, 2.05) is 12.1 Å². The lowest BCUT2D eigenvalue weighted by atomic mass is 10.0. The molecule has 0 spiro atoms. The minimum absolute atomic E-state index is 0. The third kappa shape index (κ3) is 7.96. The summed E-state index contributed by atoms with van der Waals surface area (Å²) < 4.78 is 16.5. The predicted octanol–water partition coefficient (Wildman–Crippen LogP) is 4.05. The minimum atomic E-state index is 0. The molecule has 33 heavy (non-hydrogen) atoms. The molecular weight excluding hydrogens is 531 g/mol. The van der Waals surface area contributed by atoms with E-state index >= 15 is 0 Å². The molecule has 3 rings (SSSR count). The Morgan fingerprint density at radius 1 is 1.00 bits per heavy atom. The van der Waals surface area contributed by atoms with Gasteiger partial charge >= 0.3 is 0 Å². The van der Waals surface area contributed by atoms with E-state index < -0.39 is 0 Å². The number of benzene rings is 2. The zero-order chi connectivity index (χ0) is 22.8. The van der Waals surface area contributed by atoms with Crippen LogP contribution in [0, 0.1) is 0 Å². The normalized spacial score (nSPS) is 14.8. The number of rotatable bonds is 9. The van der Waals surface area contributed by atoms with Gasteiger partial charge in [-0.05, 0) is 25.3 Å². The lowest BCUT2D eigenvalue weighted by Gasteiger charge is -2.33. The number of nitrogens with one attached hydrogen (secondary N) is 2. The first kappa shape index (κ1) is 27.0. The van der Waals surface area contributed by atoms with E-state index in [1.54, 1.807) is 21.3 Å². The van der Waals surface area contributed by atoms with Gasteiger partial charge in [-0.25, -0.2) is 4.99 Å². The van der Waals surface area contributed by atoms with E-state index in [4.69, 9.17) is 19.2 Å². The second-order valence-electron chi connectivity index (χ2n) is 7.89. The van der Waals surface area contributed by atoms with Crippen molar-refractivity contribution < 1.29 is 14.2 Å². The van der Waals surface area contributed by atoms with Gasteiger partial charge in [-0.1, -0.05) is 30.3 Å². The van der Waals surface area contributed by atoms with E-state index in [0.29, 0.717) is 29.8 Å². The van der Waals surface area contributed by atoms with Crippen LogP contribution in [-0.2, 0) is 13.1 Å². The van der Waals surface area contributed by atoms with Crippen molar-refractivity contribution in [3.63, 3.8) is 0 Å². The Morgan fingerprint density at radius 3 is 2.18 bits per heavy atom. The van der Waals surface area contributed by atoms with E-state index in [-0.39, 0.29) is 24.0 Å². The maximum absolute atomic E-state index is 5.56. The number of ether oxygens (including phenoxy) is 3. The minimum Gasteiger partial charge on any atom is -0.496 e. The molecule has 0 radical (unpaired) electrons. The number of aliphatic imine (C=N–C) groups is 1. The lowest BCUT2D eigenvalue weighted by molar-refractivity contribution is 0.198. The van der Waals surface area contributed by atoms with Crippen LogP contribution in [0.4, 0.5) is 0 Å². The Morgan fingerprint density at radius 2 is 1.64 bits per heavy atom. The summed E-state index contributed by atoms with van der Waals surface area (Å²) >= 11 is 0. The standard InChI is InChI=1S/C25H36N4O3.HI/c1-5-26-25(27-17-22-23(31-3)15-21(30-2)16-24(22)32-4)28-20-11-13-29(14-12-20)18-19-9-7-6-8-10-19;/h6-10,15-16,20H,5,11-14,17-18H2,1-4H3,(H2,26,27,28);1H. The van der Waals surface area contributed by atoms with Crippen molar-refractivity contribution in [1.82, 2.24) is 15.5 Å². The number of halogens is 1. The first-order valence-corrected chi connectivity index (χ1v) is 11.3. The number of guanidine groups is 1. The average Bonchev–Trinajstić information content (AvgIpc) is 2.84. The zero-order valence-corrected chi connectivity index (χ0v) is 22.4. The Balaban J connectivity index is 0.00000385. The van der Waals surface area contributed by atoms with Gasteiger partial charge in [-0.2, -0.15) is 0 Å². The summed E-state index contributed by atoms with van der Waals surface area (Å²) in [6, 6.07) is 14.8. The van der Waals surface area contributed by atoms with Crippen molar-refractivity contribution >= 4 is 29.9 Å². The molecule has 0 amide bonds. The van der Waals surface area contributed by atoms with Crippen LogP contribution in [0.25, 0.3) is 0 Å². The summed E-state index contributed by atoms with van der Waals surface area (Å²) in [4.78, 5) is 7.34. The number of hydrogen-bond donors (Lipinski definition) is 2. The van der Waals surface area contributed by atoms with Gasteiger partial charge in [-0.15, -0.1) is 24.0 Å². The van der Waals surface area contributed by atoms with Gasteiger partial charge in [0.15, 0.2) is 5.96 Å². The van der Waals surface area contributed by atoms with Crippen LogP contribution in [0.1, 0.15) is 30.9 Å². The molecule has 1 saturated heterocycles. The smallest absolute Gasteiger partial charge is 0.191 e. The van der Waals surface area contributed by atoms with Gasteiger partial charge in [0.25, 0.3) is 0 Å². The van der Waals surface area contributed by atoms with Gasteiger partial charge < -0.3 is 24.8 Å². The number of nitrogens with zero attached hydrogens (tertiary/aromatic N) is 2. The van der Waals surface area contributed by atoms with Crippen molar-refractivity contribution in [3.8, 4) is 17.2 Å². The molecule has 0 aliphatic carbocycles. The summed E-state index contributed by atoms with van der Waals surface area (Å²) in [6.07, 6.45) is 2.18. The SMILES string of the molecule is CCNC(=NCc1c(OC)cc(OC)cc1OC)NC1CCN(Cc2ccccc2)CC1.I. The largest absolute Gasteiger partial charge is 0.496 e. The molecule has 2 N–H and O–H groups in total. The topological polar surface area (TPSA) is 67.4 Å². The quantitative estimate of drug-likeness (QED) is 0.271. The first-order valence-electron chi connectivity index (χ1n) is 11.3. The van der Waals surface area contributed by atoms with E-state index in [1.165, 1.54) is 5.56 Å². The Labute approximate surface area is 214 Å². The Bertz CT molecular complexity index is 846. The van der Waals surface area contributed by atoms with Crippen LogP contribution in [0.5, 0.6) is 17.2 Å². The first-order chi connectivity index (χ1) is 15.7. The molecule has 1 aliphatic heterocycles. The molecule has 2 aromatic rings. The number of methoxy groups -OCH3 is 3. The van der Waals surface area contributed by atoms with Crippen LogP contribution in [0.2, 0.25) is 0 Å². The number of hydrogen-bond acceptors (Lipinski definition) is 5. The maximum Gasteiger partial charge on any atom is 0.191 e. The van der Waals surface area contributed by atoms with Gasteiger partial charge in [0.05, 0.1) is 33.4 Å². The molecular formula is C25H37IN4O3. The summed E-state index contributed by atoms with van der Waals surface area (Å²) in [5.41, 5.74) is 2.27. The fourth-order valence-corrected chi connectivity index (χ4v) is 3.98. The Hall–Kier alpha value is -2.20. The van der Waals surface area contributed by atoms with Crippen LogP contribution >= 0.6 is 24.0 Å². The highest BCUT2D eigenvalue weighted by Gasteiger charge is 2.20. The molecule has 182 valence electrons. The van der Waals surface area contributed by atoms with E-state index in [2.05, 4.69) is 52.8 Å². The molecule has 8 heteroatoms. The van der Waals surface area contributed by atoms with Crippen molar-refractivity contribution in [1.29, 1.82) is 0 Å². The highest BCUT2D eigenvalue weighted by Crippen LogP contribution is 2.34. The second-order valence-corrected chi connectivity index (χ2v) is 7.89. The van der Waals surface area contributed by atoms with Gasteiger partial charge in [0.1, 0.15) is 17.2 Å². The van der Waals surface area contributed by atoms with Gasteiger partial charge in [0, 0.05) is 44.4 Å². The van der Waals surface area contributed by atoms with Crippen LogP contribution in [0.3, 0.4) is 0 Å². The fourth-order valence-electron chi connectivity index (χ4n) is 3.98. The van der Waals surface area contributed by atoms with Crippen molar-refractivity contribution in [2.75, 3.05) is 41.0 Å². The third-order valence-corrected chi connectivity index (χ3v) is 5.73. The molecule has 0 saturated carbocycles. The molecule has 0 bridgehead atoms. The Kier molecular flexibility index (Phi) is 11.6. The molecule has 2 aromatic carbocycles. The highest BCUT2D eigenvalue weighted by atomic mass is 127. The van der Waals surface area contributed by atoms with E-state index in [0.717, 1.165) is 50.5 Å². The van der Waals surface area contributed by atoms with Crippen molar-refractivity contribution in [2.24, 2.45) is 4.99 Å². The molecule has 1 aliphatic rings. The van der Waals surface area contributed by atoms with Crippen molar-refractivity contribution in [3.05, 3.63) is 53.6 Å².